The molecule has 5 nitrogen and oxygen atoms in total. The average molecular weight is 288 g/mol. The lowest BCUT2D eigenvalue weighted by Gasteiger charge is -2.12. The number of nitrogens with zero attached hydrogens (tertiary/aromatic N) is 2. The first-order valence-electron chi connectivity index (χ1n) is 7.17. The molecule has 0 aliphatic rings. The van der Waals surface area contributed by atoms with Crippen molar-refractivity contribution >= 4 is 5.78 Å². The van der Waals surface area contributed by atoms with Crippen molar-refractivity contribution < 1.29 is 14.3 Å². The molecule has 2 rings (SSSR count). The smallest absolute Gasteiger partial charge is 0.211 e. The SMILES string of the molecule is CCOc1ccc(C(=O)c2ccnn2CC)cc1OCC. The molecular formula is C16H20N2O3. The van der Waals surface area contributed by atoms with E-state index in [1.165, 1.54) is 0 Å². The quantitative estimate of drug-likeness (QED) is 0.735. The zero-order valence-electron chi connectivity index (χ0n) is 12.6. The molecular weight excluding hydrogens is 268 g/mol. The van der Waals surface area contributed by atoms with Crippen LogP contribution in [0.2, 0.25) is 0 Å². The molecule has 0 unspecified atom stereocenters. The Morgan fingerprint density at radius 2 is 1.81 bits per heavy atom. The molecule has 2 aromatic rings. The lowest BCUT2D eigenvalue weighted by Crippen LogP contribution is -2.11. The van der Waals surface area contributed by atoms with Crippen molar-refractivity contribution in [1.29, 1.82) is 0 Å². The van der Waals surface area contributed by atoms with Gasteiger partial charge in [-0.25, -0.2) is 0 Å². The number of benzene rings is 1. The summed E-state index contributed by atoms with van der Waals surface area (Å²) >= 11 is 0. The van der Waals surface area contributed by atoms with Crippen molar-refractivity contribution in [1.82, 2.24) is 9.78 Å². The van der Waals surface area contributed by atoms with Crippen LogP contribution in [0.5, 0.6) is 11.5 Å². The van der Waals surface area contributed by atoms with Crippen LogP contribution in [0.4, 0.5) is 0 Å². The molecule has 21 heavy (non-hydrogen) atoms. The largest absolute Gasteiger partial charge is 0.490 e. The number of ketones is 1. The third-order valence-corrected chi connectivity index (χ3v) is 3.05. The lowest BCUT2D eigenvalue weighted by molar-refractivity contribution is 0.102. The van der Waals surface area contributed by atoms with Crippen LogP contribution in [0, 0.1) is 0 Å². The molecule has 0 aliphatic heterocycles. The highest BCUT2D eigenvalue weighted by Gasteiger charge is 2.16. The second-order valence-electron chi connectivity index (χ2n) is 4.39. The molecule has 0 N–H and O–H groups in total. The van der Waals surface area contributed by atoms with Gasteiger partial charge in [0, 0.05) is 18.3 Å². The van der Waals surface area contributed by atoms with E-state index >= 15 is 0 Å². The van der Waals surface area contributed by atoms with Gasteiger partial charge in [-0.15, -0.1) is 0 Å². The first-order valence-corrected chi connectivity index (χ1v) is 7.17. The van der Waals surface area contributed by atoms with Crippen LogP contribution in [0.1, 0.15) is 36.8 Å². The van der Waals surface area contributed by atoms with Gasteiger partial charge in [0.15, 0.2) is 11.5 Å². The summed E-state index contributed by atoms with van der Waals surface area (Å²) < 4.78 is 12.7. The van der Waals surface area contributed by atoms with E-state index in [9.17, 15) is 4.79 Å². The first kappa shape index (κ1) is 15.1. The average Bonchev–Trinajstić information content (AvgIpc) is 2.97. The van der Waals surface area contributed by atoms with Crippen molar-refractivity contribution in [2.45, 2.75) is 27.3 Å². The van der Waals surface area contributed by atoms with Gasteiger partial charge in [-0.1, -0.05) is 0 Å². The highest BCUT2D eigenvalue weighted by molar-refractivity contribution is 6.08. The summed E-state index contributed by atoms with van der Waals surface area (Å²) in [4.78, 5) is 12.6. The Morgan fingerprint density at radius 1 is 1.10 bits per heavy atom. The van der Waals surface area contributed by atoms with Gasteiger partial charge in [-0.2, -0.15) is 5.10 Å². The standard InChI is InChI=1S/C16H20N2O3/c1-4-18-13(9-10-17-18)16(19)12-7-8-14(20-5-2)15(11-12)21-6-3/h7-11H,4-6H2,1-3H3. The zero-order chi connectivity index (χ0) is 15.2. The molecule has 0 bridgehead atoms. The summed E-state index contributed by atoms with van der Waals surface area (Å²) in [6.45, 7) is 7.49. The normalized spacial score (nSPS) is 10.4. The predicted molar refractivity (Wildman–Crippen MR) is 80.1 cm³/mol. The lowest BCUT2D eigenvalue weighted by atomic mass is 10.1. The molecule has 1 aromatic heterocycles. The number of hydrogen-bond donors (Lipinski definition) is 0. The maximum atomic E-state index is 12.6. The maximum Gasteiger partial charge on any atom is 0.211 e. The van der Waals surface area contributed by atoms with Crippen LogP contribution in [0.3, 0.4) is 0 Å². The van der Waals surface area contributed by atoms with Crippen molar-refractivity contribution in [2.75, 3.05) is 13.2 Å². The van der Waals surface area contributed by atoms with Crippen LogP contribution in [0.25, 0.3) is 0 Å². The summed E-state index contributed by atoms with van der Waals surface area (Å²) in [5.41, 5.74) is 1.14. The Balaban J connectivity index is 2.35. The molecule has 0 aliphatic carbocycles. The molecule has 1 aromatic carbocycles. The predicted octanol–water partition coefficient (Wildman–Crippen LogP) is 2.93. The molecule has 0 saturated heterocycles. The van der Waals surface area contributed by atoms with E-state index in [-0.39, 0.29) is 5.78 Å². The van der Waals surface area contributed by atoms with Crippen LogP contribution in [-0.2, 0) is 6.54 Å². The number of rotatable bonds is 7. The van der Waals surface area contributed by atoms with Gasteiger partial charge in [0.25, 0.3) is 0 Å². The van der Waals surface area contributed by atoms with Crippen molar-refractivity contribution in [3.8, 4) is 11.5 Å². The Labute approximate surface area is 124 Å². The second-order valence-corrected chi connectivity index (χ2v) is 4.39. The third kappa shape index (κ3) is 3.24. The van der Waals surface area contributed by atoms with Gasteiger partial charge in [0.2, 0.25) is 5.78 Å². The Hall–Kier alpha value is -2.30. The minimum absolute atomic E-state index is 0.0710. The molecule has 0 spiro atoms. The Morgan fingerprint density at radius 3 is 2.48 bits per heavy atom. The number of carbonyl (C=O) groups excluding carboxylic acids is 1. The zero-order valence-corrected chi connectivity index (χ0v) is 12.6. The van der Waals surface area contributed by atoms with Gasteiger partial charge in [-0.05, 0) is 45.0 Å². The van der Waals surface area contributed by atoms with Gasteiger partial charge >= 0.3 is 0 Å². The van der Waals surface area contributed by atoms with E-state index in [4.69, 9.17) is 9.47 Å². The maximum absolute atomic E-state index is 12.6. The van der Waals surface area contributed by atoms with Crippen LogP contribution in [-0.4, -0.2) is 28.8 Å². The third-order valence-electron chi connectivity index (χ3n) is 3.05. The molecule has 0 atom stereocenters. The van der Waals surface area contributed by atoms with Crippen molar-refractivity contribution in [3.63, 3.8) is 0 Å². The summed E-state index contributed by atoms with van der Waals surface area (Å²) in [5.74, 6) is 1.17. The fourth-order valence-electron chi connectivity index (χ4n) is 2.12. The number of ether oxygens (including phenoxy) is 2. The summed E-state index contributed by atoms with van der Waals surface area (Å²) in [6, 6.07) is 6.98. The number of aryl methyl sites for hydroxylation is 1. The van der Waals surface area contributed by atoms with E-state index in [1.54, 1.807) is 35.1 Å². The first-order chi connectivity index (χ1) is 10.2. The molecule has 0 fully saturated rings. The monoisotopic (exact) mass is 288 g/mol. The molecule has 0 radical (unpaired) electrons. The highest BCUT2D eigenvalue weighted by atomic mass is 16.5. The molecule has 0 amide bonds. The molecule has 1 heterocycles. The number of aromatic nitrogens is 2. The van der Waals surface area contributed by atoms with E-state index in [1.807, 2.05) is 20.8 Å². The Kier molecular flexibility index (Phi) is 4.98. The fourth-order valence-corrected chi connectivity index (χ4v) is 2.12. The summed E-state index contributed by atoms with van der Waals surface area (Å²) in [7, 11) is 0. The minimum atomic E-state index is -0.0710. The highest BCUT2D eigenvalue weighted by Crippen LogP contribution is 2.29. The minimum Gasteiger partial charge on any atom is -0.490 e. The van der Waals surface area contributed by atoms with Crippen molar-refractivity contribution in [2.24, 2.45) is 0 Å². The number of hydrogen-bond acceptors (Lipinski definition) is 4. The Bertz CT molecular complexity index is 620. The summed E-state index contributed by atoms with van der Waals surface area (Å²) in [6.07, 6.45) is 1.63. The van der Waals surface area contributed by atoms with Gasteiger partial charge in [0.05, 0.1) is 13.2 Å². The van der Waals surface area contributed by atoms with Gasteiger partial charge in [-0.3, -0.25) is 9.48 Å². The van der Waals surface area contributed by atoms with Crippen LogP contribution in [0.15, 0.2) is 30.5 Å². The second kappa shape index (κ2) is 6.92. The van der Waals surface area contributed by atoms with Crippen LogP contribution < -0.4 is 9.47 Å². The van der Waals surface area contributed by atoms with E-state index in [0.29, 0.717) is 42.5 Å². The fraction of sp³-hybridized carbons (Fsp3) is 0.375. The molecule has 0 saturated carbocycles. The van der Waals surface area contributed by atoms with Gasteiger partial charge in [0.1, 0.15) is 5.69 Å². The number of carbonyl (C=O) groups is 1. The van der Waals surface area contributed by atoms with Crippen molar-refractivity contribution in [3.05, 3.63) is 41.7 Å². The van der Waals surface area contributed by atoms with Crippen LogP contribution >= 0.6 is 0 Å². The van der Waals surface area contributed by atoms with E-state index < -0.39 is 0 Å². The van der Waals surface area contributed by atoms with E-state index in [0.717, 1.165) is 0 Å². The van der Waals surface area contributed by atoms with E-state index in [2.05, 4.69) is 5.10 Å². The topological polar surface area (TPSA) is 53.3 Å². The summed E-state index contributed by atoms with van der Waals surface area (Å²) in [5, 5.41) is 4.13. The molecule has 5 heteroatoms. The molecule has 112 valence electrons. The van der Waals surface area contributed by atoms with Gasteiger partial charge < -0.3 is 9.47 Å².